The highest BCUT2D eigenvalue weighted by Gasteiger charge is 2.09. The number of benzene rings is 2. The SMILES string of the molecule is O=C(/C=C/c1ccccc1[N+](=O)[O-])OCCOc1cccc(Br)c1. The minimum absolute atomic E-state index is 0.0699. The van der Waals surface area contributed by atoms with Crippen molar-refractivity contribution in [2.45, 2.75) is 0 Å². The summed E-state index contributed by atoms with van der Waals surface area (Å²) in [4.78, 5) is 22.0. The Morgan fingerprint density at radius 2 is 1.96 bits per heavy atom. The summed E-state index contributed by atoms with van der Waals surface area (Å²) < 4.78 is 11.3. The number of nitro groups is 1. The molecule has 0 bridgehead atoms. The van der Waals surface area contributed by atoms with Gasteiger partial charge in [0, 0.05) is 16.6 Å². The third-order valence-corrected chi connectivity index (χ3v) is 3.42. The average molecular weight is 392 g/mol. The predicted molar refractivity (Wildman–Crippen MR) is 92.7 cm³/mol. The minimum Gasteiger partial charge on any atom is -0.490 e. The molecule has 0 fully saturated rings. The van der Waals surface area contributed by atoms with Crippen molar-refractivity contribution in [3.8, 4) is 5.75 Å². The molecular weight excluding hydrogens is 378 g/mol. The quantitative estimate of drug-likeness (QED) is 0.234. The summed E-state index contributed by atoms with van der Waals surface area (Å²) in [5.74, 6) is 0.0712. The van der Waals surface area contributed by atoms with Crippen LogP contribution < -0.4 is 4.74 Å². The van der Waals surface area contributed by atoms with Crippen molar-refractivity contribution in [1.29, 1.82) is 0 Å². The van der Waals surface area contributed by atoms with E-state index in [1.54, 1.807) is 30.3 Å². The first-order valence-corrected chi connectivity index (χ1v) is 7.82. The Bertz CT molecular complexity index is 760. The molecule has 6 nitrogen and oxygen atoms in total. The highest BCUT2D eigenvalue weighted by atomic mass is 79.9. The Kier molecular flexibility index (Phi) is 6.51. The van der Waals surface area contributed by atoms with Gasteiger partial charge in [-0.05, 0) is 30.3 Å². The summed E-state index contributed by atoms with van der Waals surface area (Å²) in [6.07, 6.45) is 2.51. The predicted octanol–water partition coefficient (Wildman–Crippen LogP) is 3.99. The number of hydrogen-bond donors (Lipinski definition) is 0. The molecule has 0 heterocycles. The van der Waals surface area contributed by atoms with Gasteiger partial charge in [0.05, 0.1) is 10.5 Å². The molecule has 0 amide bonds. The molecule has 0 atom stereocenters. The second kappa shape index (κ2) is 8.83. The van der Waals surface area contributed by atoms with Crippen LogP contribution >= 0.6 is 15.9 Å². The molecule has 0 saturated carbocycles. The van der Waals surface area contributed by atoms with Gasteiger partial charge in [0.25, 0.3) is 5.69 Å². The molecule has 0 radical (unpaired) electrons. The molecule has 0 aromatic heterocycles. The number of esters is 1. The molecule has 0 unspecified atom stereocenters. The molecule has 124 valence electrons. The Hall–Kier alpha value is -2.67. The maximum absolute atomic E-state index is 11.6. The molecule has 0 spiro atoms. The third kappa shape index (κ3) is 5.51. The first-order valence-electron chi connectivity index (χ1n) is 7.03. The Morgan fingerprint density at radius 3 is 2.71 bits per heavy atom. The van der Waals surface area contributed by atoms with E-state index < -0.39 is 10.9 Å². The van der Waals surface area contributed by atoms with Crippen molar-refractivity contribution in [2.75, 3.05) is 13.2 Å². The number of halogens is 1. The topological polar surface area (TPSA) is 78.7 Å². The third-order valence-electron chi connectivity index (χ3n) is 2.92. The summed E-state index contributed by atoms with van der Waals surface area (Å²) in [7, 11) is 0. The lowest BCUT2D eigenvalue weighted by Gasteiger charge is -2.06. The van der Waals surface area contributed by atoms with Crippen LogP contribution in [0.1, 0.15) is 5.56 Å². The zero-order valence-electron chi connectivity index (χ0n) is 12.6. The number of nitrogens with zero attached hydrogens (tertiary/aromatic N) is 1. The molecule has 2 aromatic rings. The summed E-state index contributed by atoms with van der Waals surface area (Å²) in [5, 5.41) is 10.9. The standard InChI is InChI=1S/C17H14BrNO5/c18-14-5-3-6-15(12-14)23-10-11-24-17(20)9-8-13-4-1-2-7-16(13)19(21)22/h1-9,12H,10-11H2/b9-8+. The number of nitro benzene ring substituents is 1. The van der Waals surface area contributed by atoms with Gasteiger partial charge in [-0.15, -0.1) is 0 Å². The highest BCUT2D eigenvalue weighted by Crippen LogP contribution is 2.19. The van der Waals surface area contributed by atoms with E-state index >= 15 is 0 Å². The van der Waals surface area contributed by atoms with E-state index in [1.807, 2.05) is 12.1 Å². The summed E-state index contributed by atoms with van der Waals surface area (Å²) >= 11 is 3.33. The zero-order valence-corrected chi connectivity index (χ0v) is 14.1. The van der Waals surface area contributed by atoms with E-state index in [0.29, 0.717) is 11.3 Å². The van der Waals surface area contributed by atoms with Crippen LogP contribution in [-0.2, 0) is 9.53 Å². The van der Waals surface area contributed by atoms with Crippen LogP contribution in [0.25, 0.3) is 6.08 Å². The van der Waals surface area contributed by atoms with Crippen molar-refractivity contribution in [3.63, 3.8) is 0 Å². The summed E-state index contributed by atoms with van der Waals surface area (Å²) in [6, 6.07) is 13.4. The molecule has 0 aliphatic heterocycles. The number of rotatable bonds is 7. The molecule has 0 N–H and O–H groups in total. The van der Waals surface area contributed by atoms with Crippen LogP contribution in [0.3, 0.4) is 0 Å². The number of para-hydroxylation sites is 1. The van der Waals surface area contributed by atoms with Crippen LogP contribution in [0.2, 0.25) is 0 Å². The van der Waals surface area contributed by atoms with E-state index in [4.69, 9.17) is 9.47 Å². The number of carbonyl (C=O) groups is 1. The summed E-state index contributed by atoms with van der Waals surface area (Å²) in [6.45, 7) is 0.286. The van der Waals surface area contributed by atoms with Gasteiger partial charge in [-0.25, -0.2) is 4.79 Å². The highest BCUT2D eigenvalue weighted by molar-refractivity contribution is 9.10. The molecule has 2 aromatic carbocycles. The van der Waals surface area contributed by atoms with Gasteiger partial charge in [0.15, 0.2) is 0 Å². The lowest BCUT2D eigenvalue weighted by molar-refractivity contribution is -0.385. The maximum atomic E-state index is 11.6. The van der Waals surface area contributed by atoms with E-state index in [-0.39, 0.29) is 18.9 Å². The Morgan fingerprint density at radius 1 is 1.17 bits per heavy atom. The Labute approximate surface area is 147 Å². The van der Waals surface area contributed by atoms with Gasteiger partial charge >= 0.3 is 5.97 Å². The summed E-state index contributed by atoms with van der Waals surface area (Å²) in [5.41, 5.74) is 0.268. The first kappa shape index (κ1) is 17.7. The molecular formula is C17H14BrNO5. The fourth-order valence-electron chi connectivity index (χ4n) is 1.86. The van der Waals surface area contributed by atoms with Crippen molar-refractivity contribution in [1.82, 2.24) is 0 Å². The van der Waals surface area contributed by atoms with Gasteiger partial charge in [-0.2, -0.15) is 0 Å². The van der Waals surface area contributed by atoms with Gasteiger partial charge in [-0.1, -0.05) is 34.1 Å². The maximum Gasteiger partial charge on any atom is 0.330 e. The van der Waals surface area contributed by atoms with E-state index in [0.717, 1.165) is 10.5 Å². The second-order valence-electron chi connectivity index (χ2n) is 4.62. The minimum atomic E-state index is -0.592. The number of ether oxygens (including phenoxy) is 2. The second-order valence-corrected chi connectivity index (χ2v) is 5.54. The van der Waals surface area contributed by atoms with Crippen molar-refractivity contribution >= 4 is 33.7 Å². The molecule has 0 aliphatic carbocycles. The fraction of sp³-hybridized carbons (Fsp3) is 0.118. The molecule has 0 aliphatic rings. The molecule has 7 heteroatoms. The van der Waals surface area contributed by atoms with Crippen molar-refractivity contribution < 1.29 is 19.2 Å². The van der Waals surface area contributed by atoms with Crippen LogP contribution in [0, 0.1) is 10.1 Å². The smallest absolute Gasteiger partial charge is 0.330 e. The van der Waals surface area contributed by atoms with Crippen LogP contribution in [0.4, 0.5) is 5.69 Å². The fourth-order valence-corrected chi connectivity index (χ4v) is 2.24. The lowest BCUT2D eigenvalue weighted by atomic mass is 10.1. The molecule has 24 heavy (non-hydrogen) atoms. The Balaban J connectivity index is 1.80. The van der Waals surface area contributed by atoms with Gasteiger partial charge < -0.3 is 9.47 Å². The van der Waals surface area contributed by atoms with E-state index in [1.165, 1.54) is 12.1 Å². The van der Waals surface area contributed by atoms with Crippen molar-refractivity contribution in [2.24, 2.45) is 0 Å². The first-order chi connectivity index (χ1) is 11.6. The monoisotopic (exact) mass is 391 g/mol. The van der Waals surface area contributed by atoms with Crippen molar-refractivity contribution in [3.05, 3.63) is 74.8 Å². The van der Waals surface area contributed by atoms with Crippen LogP contribution in [0.15, 0.2) is 59.1 Å². The zero-order chi connectivity index (χ0) is 17.4. The van der Waals surface area contributed by atoms with Crippen LogP contribution in [0.5, 0.6) is 5.75 Å². The normalized spacial score (nSPS) is 10.5. The van der Waals surface area contributed by atoms with Gasteiger partial charge in [0.2, 0.25) is 0 Å². The number of hydrogen-bond acceptors (Lipinski definition) is 5. The van der Waals surface area contributed by atoms with E-state index in [2.05, 4.69) is 15.9 Å². The number of carbonyl (C=O) groups excluding carboxylic acids is 1. The molecule has 0 saturated heterocycles. The lowest BCUT2D eigenvalue weighted by Crippen LogP contribution is -2.10. The van der Waals surface area contributed by atoms with E-state index in [9.17, 15) is 14.9 Å². The van der Waals surface area contributed by atoms with Gasteiger partial charge in [-0.3, -0.25) is 10.1 Å². The van der Waals surface area contributed by atoms with Gasteiger partial charge in [0.1, 0.15) is 19.0 Å². The largest absolute Gasteiger partial charge is 0.490 e. The van der Waals surface area contributed by atoms with Crippen LogP contribution in [-0.4, -0.2) is 24.1 Å². The molecule has 2 rings (SSSR count). The average Bonchev–Trinajstić information content (AvgIpc) is 2.57.